The first-order chi connectivity index (χ1) is 8.78. The van der Waals surface area contributed by atoms with Crippen molar-refractivity contribution in [2.45, 2.75) is 39.7 Å². The third-order valence-electron chi connectivity index (χ3n) is 4.53. The maximum Gasteiger partial charge on any atom is 0.0947 e. The Morgan fingerprint density at radius 3 is 2.83 bits per heavy atom. The molecule has 1 aromatic rings. The Kier molecular flexibility index (Phi) is 4.84. The van der Waals surface area contributed by atoms with Crippen molar-refractivity contribution in [2.24, 2.45) is 5.41 Å². The van der Waals surface area contributed by atoms with E-state index in [1.54, 1.807) is 6.26 Å². The van der Waals surface area contributed by atoms with Gasteiger partial charge in [0.2, 0.25) is 0 Å². The summed E-state index contributed by atoms with van der Waals surface area (Å²) in [5, 5.41) is 3.48. The molecule has 0 aromatic carbocycles. The lowest BCUT2D eigenvalue weighted by Crippen LogP contribution is -2.32. The van der Waals surface area contributed by atoms with Crippen LogP contribution >= 0.6 is 0 Å². The lowest BCUT2D eigenvalue weighted by molar-refractivity contribution is 0.240. The minimum absolute atomic E-state index is 0.602. The summed E-state index contributed by atoms with van der Waals surface area (Å²) in [6, 6.07) is 2.02. The summed E-state index contributed by atoms with van der Waals surface area (Å²) in [6.07, 6.45) is 7.56. The van der Waals surface area contributed by atoms with E-state index < -0.39 is 0 Å². The summed E-state index contributed by atoms with van der Waals surface area (Å²) >= 11 is 0. The molecule has 1 fully saturated rings. The van der Waals surface area contributed by atoms with Crippen LogP contribution in [0.2, 0.25) is 0 Å². The van der Waals surface area contributed by atoms with E-state index in [0.717, 1.165) is 13.1 Å². The number of likely N-dealkylation sites (tertiary alicyclic amines) is 1. The third-order valence-corrected chi connectivity index (χ3v) is 4.53. The molecule has 18 heavy (non-hydrogen) atoms. The fourth-order valence-electron chi connectivity index (χ4n) is 2.91. The molecule has 0 aliphatic carbocycles. The van der Waals surface area contributed by atoms with Crippen molar-refractivity contribution in [3.63, 3.8) is 0 Å². The first kappa shape index (κ1) is 13.6. The number of hydrogen-bond acceptors (Lipinski definition) is 3. The Bertz CT molecular complexity index is 330. The van der Waals surface area contributed by atoms with Gasteiger partial charge in [-0.25, -0.2) is 0 Å². The summed E-state index contributed by atoms with van der Waals surface area (Å²) in [5.41, 5.74) is 1.83. The normalized spacial score (nSPS) is 19.4. The third kappa shape index (κ3) is 3.36. The van der Waals surface area contributed by atoms with E-state index in [1.165, 1.54) is 44.5 Å². The van der Waals surface area contributed by atoms with Crippen molar-refractivity contribution >= 4 is 0 Å². The van der Waals surface area contributed by atoms with Crippen LogP contribution in [0.15, 0.2) is 23.0 Å². The fourth-order valence-corrected chi connectivity index (χ4v) is 2.91. The zero-order chi connectivity index (χ0) is 12.8. The molecular formula is C15H26N2O. The van der Waals surface area contributed by atoms with Gasteiger partial charge in [0.25, 0.3) is 0 Å². The summed E-state index contributed by atoms with van der Waals surface area (Å²) in [7, 11) is 0. The van der Waals surface area contributed by atoms with Crippen molar-refractivity contribution < 1.29 is 4.42 Å². The molecule has 1 aromatic heterocycles. The lowest BCUT2D eigenvalue weighted by Gasteiger charge is -2.26. The number of nitrogens with zero attached hydrogens (tertiary/aromatic N) is 1. The molecule has 0 amide bonds. The topological polar surface area (TPSA) is 28.4 Å². The van der Waals surface area contributed by atoms with Crippen LogP contribution in [0.5, 0.6) is 0 Å². The van der Waals surface area contributed by atoms with Crippen LogP contribution in [-0.2, 0) is 6.54 Å². The van der Waals surface area contributed by atoms with Gasteiger partial charge in [-0.1, -0.05) is 13.8 Å². The minimum atomic E-state index is 0.602. The van der Waals surface area contributed by atoms with Crippen molar-refractivity contribution in [3.8, 4) is 0 Å². The van der Waals surface area contributed by atoms with Crippen molar-refractivity contribution in [2.75, 3.05) is 26.2 Å². The van der Waals surface area contributed by atoms with E-state index in [0.29, 0.717) is 5.41 Å². The van der Waals surface area contributed by atoms with Crippen LogP contribution in [0.25, 0.3) is 0 Å². The first-order valence-electron chi connectivity index (χ1n) is 7.22. The van der Waals surface area contributed by atoms with Crippen LogP contribution in [0.1, 0.15) is 38.7 Å². The second kappa shape index (κ2) is 6.39. The Morgan fingerprint density at radius 1 is 1.39 bits per heavy atom. The molecule has 3 heteroatoms. The van der Waals surface area contributed by atoms with E-state index in [1.807, 2.05) is 12.3 Å². The highest BCUT2D eigenvalue weighted by molar-refractivity contribution is 5.04. The number of nitrogens with one attached hydrogen (secondary N) is 1. The molecule has 0 unspecified atom stereocenters. The Hall–Kier alpha value is -0.800. The molecule has 1 aliphatic rings. The number of rotatable bonds is 7. The minimum Gasteiger partial charge on any atom is -0.472 e. The molecule has 3 nitrogen and oxygen atoms in total. The summed E-state index contributed by atoms with van der Waals surface area (Å²) < 4.78 is 5.05. The standard InChI is InChI=1S/C15H26N2O/c1-3-15(4-2)6-8-17(13-15)9-7-16-11-14-5-10-18-12-14/h5,10,12,16H,3-4,6-9,11,13H2,1-2H3. The van der Waals surface area contributed by atoms with Gasteiger partial charge >= 0.3 is 0 Å². The van der Waals surface area contributed by atoms with E-state index >= 15 is 0 Å². The molecule has 0 atom stereocenters. The molecule has 2 heterocycles. The number of furan rings is 1. The molecule has 102 valence electrons. The smallest absolute Gasteiger partial charge is 0.0947 e. The monoisotopic (exact) mass is 250 g/mol. The van der Waals surface area contributed by atoms with Gasteiger partial charge in [0.05, 0.1) is 12.5 Å². The largest absolute Gasteiger partial charge is 0.472 e. The zero-order valence-electron chi connectivity index (χ0n) is 11.7. The molecule has 0 spiro atoms. The molecule has 0 saturated carbocycles. The molecule has 0 radical (unpaired) electrons. The van der Waals surface area contributed by atoms with Gasteiger partial charge in [-0.3, -0.25) is 0 Å². The fraction of sp³-hybridized carbons (Fsp3) is 0.733. The Morgan fingerprint density at radius 2 is 2.22 bits per heavy atom. The summed E-state index contributed by atoms with van der Waals surface area (Å²) in [5.74, 6) is 0. The van der Waals surface area contributed by atoms with Gasteiger partial charge in [0.15, 0.2) is 0 Å². The van der Waals surface area contributed by atoms with Gasteiger partial charge in [0.1, 0.15) is 0 Å². The summed E-state index contributed by atoms with van der Waals surface area (Å²) in [4.78, 5) is 2.61. The first-order valence-corrected chi connectivity index (χ1v) is 7.22. The van der Waals surface area contributed by atoms with Gasteiger partial charge < -0.3 is 14.6 Å². The quantitative estimate of drug-likeness (QED) is 0.754. The Balaban J connectivity index is 1.63. The second-order valence-corrected chi connectivity index (χ2v) is 5.54. The molecule has 1 N–H and O–H groups in total. The lowest BCUT2D eigenvalue weighted by atomic mass is 9.82. The maximum atomic E-state index is 5.05. The van der Waals surface area contributed by atoms with Crippen LogP contribution in [0, 0.1) is 5.41 Å². The van der Waals surface area contributed by atoms with Crippen molar-refractivity contribution in [1.29, 1.82) is 0 Å². The van der Waals surface area contributed by atoms with Gasteiger partial charge in [-0.05, 0) is 37.3 Å². The average molecular weight is 250 g/mol. The van der Waals surface area contributed by atoms with Crippen molar-refractivity contribution in [3.05, 3.63) is 24.2 Å². The Labute approximate surface area is 111 Å². The molecular weight excluding hydrogens is 224 g/mol. The van der Waals surface area contributed by atoms with E-state index in [2.05, 4.69) is 24.1 Å². The van der Waals surface area contributed by atoms with Gasteiger partial charge in [-0.2, -0.15) is 0 Å². The predicted molar refractivity (Wildman–Crippen MR) is 74.5 cm³/mol. The number of hydrogen-bond donors (Lipinski definition) is 1. The second-order valence-electron chi connectivity index (χ2n) is 5.54. The predicted octanol–water partition coefficient (Wildman–Crippen LogP) is 2.88. The van der Waals surface area contributed by atoms with Gasteiger partial charge in [-0.15, -0.1) is 0 Å². The highest BCUT2D eigenvalue weighted by Gasteiger charge is 2.34. The average Bonchev–Trinajstić information content (AvgIpc) is 3.05. The molecule has 0 bridgehead atoms. The maximum absolute atomic E-state index is 5.05. The van der Waals surface area contributed by atoms with Crippen LogP contribution < -0.4 is 5.32 Å². The molecule has 1 saturated heterocycles. The summed E-state index contributed by atoms with van der Waals surface area (Å²) in [6.45, 7) is 10.4. The van der Waals surface area contributed by atoms with E-state index in [4.69, 9.17) is 4.42 Å². The van der Waals surface area contributed by atoms with Crippen molar-refractivity contribution in [1.82, 2.24) is 10.2 Å². The van der Waals surface area contributed by atoms with Gasteiger partial charge in [0, 0.05) is 31.7 Å². The SMILES string of the molecule is CCC1(CC)CCN(CCNCc2ccoc2)C1. The highest BCUT2D eigenvalue weighted by atomic mass is 16.3. The highest BCUT2D eigenvalue weighted by Crippen LogP contribution is 2.36. The molecule has 2 rings (SSSR count). The zero-order valence-corrected chi connectivity index (χ0v) is 11.7. The van der Waals surface area contributed by atoms with Crippen LogP contribution in [-0.4, -0.2) is 31.1 Å². The van der Waals surface area contributed by atoms with E-state index in [-0.39, 0.29) is 0 Å². The molecule has 1 aliphatic heterocycles. The van der Waals surface area contributed by atoms with Crippen LogP contribution in [0.3, 0.4) is 0 Å². The van der Waals surface area contributed by atoms with Crippen LogP contribution in [0.4, 0.5) is 0 Å². The van der Waals surface area contributed by atoms with E-state index in [9.17, 15) is 0 Å².